The van der Waals surface area contributed by atoms with Gasteiger partial charge in [-0.2, -0.15) is 0 Å². The van der Waals surface area contributed by atoms with Crippen molar-refractivity contribution in [2.45, 2.75) is 12.8 Å². The Hall–Kier alpha value is -4.66. The molecule has 0 unspecified atom stereocenters. The molecule has 2 aromatic carbocycles. The Labute approximate surface area is 201 Å². The average Bonchev–Trinajstić information content (AvgIpc) is 3.34. The van der Waals surface area contributed by atoms with E-state index in [1.165, 1.54) is 14.2 Å². The Kier molecular flexibility index (Phi) is 8.55. The number of rotatable bonds is 8. The topological polar surface area (TPSA) is 125 Å². The molecular formula is C26H22N2O7. The number of amides is 2. The number of benzene rings is 2. The standard InChI is InChI=1S/C26H22N2O7/c1-33-25(31)21(27-23(29)17-9-5-3-6-10-17)15-19-13-14-20(35-19)16-22(26(32)34-2)28-24(30)18-11-7-4-8-12-18/h3-14H,15-16H2,1-2H3. The molecule has 0 aliphatic heterocycles. The van der Waals surface area contributed by atoms with Gasteiger partial charge in [-0.3, -0.25) is 9.59 Å². The highest BCUT2D eigenvalue weighted by atomic mass is 16.5. The van der Waals surface area contributed by atoms with Crippen molar-refractivity contribution in [1.29, 1.82) is 0 Å². The Morgan fingerprint density at radius 3 is 1.34 bits per heavy atom. The largest absolute Gasteiger partial charge is 0.465 e. The lowest BCUT2D eigenvalue weighted by Gasteiger charge is -2.04. The van der Waals surface area contributed by atoms with Crippen LogP contribution in [0.5, 0.6) is 0 Å². The number of carbonyl (C=O) groups excluding carboxylic acids is 4. The van der Waals surface area contributed by atoms with E-state index in [2.05, 4.69) is 9.98 Å². The normalized spacial score (nSPS) is 11.6. The van der Waals surface area contributed by atoms with Gasteiger partial charge in [-0.05, 0) is 36.4 Å². The maximum atomic E-state index is 12.4. The molecule has 0 saturated carbocycles. The van der Waals surface area contributed by atoms with Crippen LogP contribution in [0.25, 0.3) is 0 Å². The minimum atomic E-state index is -0.780. The van der Waals surface area contributed by atoms with Crippen LogP contribution in [0.4, 0.5) is 0 Å². The Bertz CT molecular complexity index is 1180. The molecule has 0 spiro atoms. The number of hydrogen-bond acceptors (Lipinski definition) is 7. The minimum Gasteiger partial charge on any atom is -0.465 e. The van der Waals surface area contributed by atoms with Gasteiger partial charge in [0.1, 0.15) is 22.9 Å². The average molecular weight is 474 g/mol. The molecule has 0 aliphatic rings. The molecule has 9 nitrogen and oxygen atoms in total. The van der Waals surface area contributed by atoms with Crippen LogP contribution in [0.2, 0.25) is 0 Å². The maximum Gasteiger partial charge on any atom is 0.353 e. The zero-order valence-electron chi connectivity index (χ0n) is 19.1. The summed E-state index contributed by atoms with van der Waals surface area (Å²) in [6, 6.07) is 19.7. The highest BCUT2D eigenvalue weighted by molar-refractivity contribution is 6.39. The molecule has 0 N–H and O–H groups in total. The van der Waals surface area contributed by atoms with Gasteiger partial charge in [-0.1, -0.05) is 36.4 Å². The predicted molar refractivity (Wildman–Crippen MR) is 127 cm³/mol. The van der Waals surface area contributed by atoms with Gasteiger partial charge in [-0.15, -0.1) is 0 Å². The molecular weight excluding hydrogens is 452 g/mol. The maximum absolute atomic E-state index is 12.4. The minimum absolute atomic E-state index is 0.126. The first-order valence-electron chi connectivity index (χ1n) is 10.5. The number of methoxy groups -OCH3 is 2. The van der Waals surface area contributed by atoms with E-state index in [1.54, 1.807) is 72.8 Å². The van der Waals surface area contributed by atoms with Crippen molar-refractivity contribution in [1.82, 2.24) is 0 Å². The molecule has 0 fully saturated rings. The molecule has 178 valence electrons. The van der Waals surface area contributed by atoms with Gasteiger partial charge in [0.2, 0.25) is 0 Å². The number of ether oxygens (including phenoxy) is 2. The summed E-state index contributed by atoms with van der Waals surface area (Å²) in [5.74, 6) is -2.17. The van der Waals surface area contributed by atoms with Crippen molar-refractivity contribution in [2.75, 3.05) is 14.2 Å². The third-order valence-corrected chi connectivity index (χ3v) is 4.76. The number of carbonyl (C=O) groups is 4. The van der Waals surface area contributed by atoms with E-state index in [1.807, 2.05) is 0 Å². The molecule has 0 radical (unpaired) electrons. The summed E-state index contributed by atoms with van der Waals surface area (Å²) in [6.07, 6.45) is -0.252. The fourth-order valence-electron chi connectivity index (χ4n) is 3.03. The van der Waals surface area contributed by atoms with Gasteiger partial charge in [0.15, 0.2) is 0 Å². The molecule has 3 aromatic rings. The van der Waals surface area contributed by atoms with Gasteiger partial charge in [0.25, 0.3) is 11.8 Å². The molecule has 1 heterocycles. The fraction of sp³-hybridized carbons (Fsp3) is 0.154. The Morgan fingerprint density at radius 2 is 1.00 bits per heavy atom. The highest BCUT2D eigenvalue weighted by Crippen LogP contribution is 2.13. The fourth-order valence-corrected chi connectivity index (χ4v) is 3.03. The molecule has 3 rings (SSSR count). The van der Waals surface area contributed by atoms with Crippen molar-refractivity contribution in [3.05, 3.63) is 95.4 Å². The van der Waals surface area contributed by atoms with Crippen LogP contribution in [0.1, 0.15) is 32.2 Å². The predicted octanol–water partition coefficient (Wildman–Crippen LogP) is 3.27. The third-order valence-electron chi connectivity index (χ3n) is 4.76. The summed E-state index contributed by atoms with van der Waals surface area (Å²) < 4.78 is 15.2. The summed E-state index contributed by atoms with van der Waals surface area (Å²) >= 11 is 0. The number of nitrogens with zero attached hydrogens (tertiary/aromatic N) is 2. The highest BCUT2D eigenvalue weighted by Gasteiger charge is 2.20. The van der Waals surface area contributed by atoms with E-state index >= 15 is 0 Å². The van der Waals surface area contributed by atoms with Gasteiger partial charge in [0, 0.05) is 11.1 Å². The molecule has 2 amide bonds. The second-order valence-corrected chi connectivity index (χ2v) is 7.16. The summed E-state index contributed by atoms with van der Waals surface area (Å²) in [5, 5.41) is 0. The molecule has 0 atom stereocenters. The van der Waals surface area contributed by atoms with Crippen molar-refractivity contribution in [3.8, 4) is 0 Å². The van der Waals surface area contributed by atoms with Crippen molar-refractivity contribution in [3.63, 3.8) is 0 Å². The van der Waals surface area contributed by atoms with Gasteiger partial charge < -0.3 is 13.9 Å². The van der Waals surface area contributed by atoms with Crippen LogP contribution in [0, 0.1) is 0 Å². The van der Waals surface area contributed by atoms with E-state index in [0.29, 0.717) is 22.6 Å². The molecule has 1 aromatic heterocycles. The SMILES string of the molecule is COC(=O)C(Cc1ccc(CC(=NC(=O)c2ccccc2)C(=O)OC)o1)=NC(=O)c1ccccc1. The van der Waals surface area contributed by atoms with E-state index < -0.39 is 23.8 Å². The Balaban J connectivity index is 1.80. The monoisotopic (exact) mass is 474 g/mol. The second-order valence-electron chi connectivity index (χ2n) is 7.16. The first kappa shape index (κ1) is 25.0. The van der Waals surface area contributed by atoms with Crippen molar-refractivity contribution >= 4 is 35.2 Å². The van der Waals surface area contributed by atoms with Crippen LogP contribution in [0.15, 0.2) is 87.2 Å². The quantitative estimate of drug-likeness (QED) is 0.362. The third kappa shape index (κ3) is 6.91. The lowest BCUT2D eigenvalue weighted by Crippen LogP contribution is -2.20. The lowest BCUT2D eigenvalue weighted by molar-refractivity contribution is -0.133. The van der Waals surface area contributed by atoms with Crippen LogP contribution in [-0.2, 0) is 31.9 Å². The van der Waals surface area contributed by atoms with Gasteiger partial charge in [-0.25, -0.2) is 19.6 Å². The Morgan fingerprint density at radius 1 is 0.629 bits per heavy atom. The van der Waals surface area contributed by atoms with Gasteiger partial charge in [0.05, 0.1) is 27.1 Å². The number of hydrogen-bond donors (Lipinski definition) is 0. The zero-order valence-corrected chi connectivity index (χ0v) is 19.1. The van der Waals surface area contributed by atoms with E-state index in [0.717, 1.165) is 0 Å². The van der Waals surface area contributed by atoms with Gasteiger partial charge >= 0.3 is 11.9 Å². The molecule has 0 bridgehead atoms. The first-order chi connectivity index (χ1) is 16.9. The summed E-state index contributed by atoms with van der Waals surface area (Å²) in [6.45, 7) is 0. The molecule has 0 saturated heterocycles. The smallest absolute Gasteiger partial charge is 0.353 e. The summed E-state index contributed by atoms with van der Waals surface area (Å²) in [5.41, 5.74) is 0.332. The van der Waals surface area contributed by atoms with Crippen molar-refractivity contribution < 1.29 is 33.1 Å². The van der Waals surface area contributed by atoms with Crippen molar-refractivity contribution in [2.24, 2.45) is 9.98 Å². The molecule has 35 heavy (non-hydrogen) atoms. The number of esters is 2. The first-order valence-corrected chi connectivity index (χ1v) is 10.5. The summed E-state index contributed by atoms with van der Waals surface area (Å²) in [4.78, 5) is 57.0. The lowest BCUT2D eigenvalue weighted by atomic mass is 10.2. The van der Waals surface area contributed by atoms with E-state index in [4.69, 9.17) is 13.9 Å². The second kappa shape index (κ2) is 12.0. The summed E-state index contributed by atoms with van der Waals surface area (Å²) in [7, 11) is 2.36. The number of aliphatic imine (C=N–C) groups is 2. The van der Waals surface area contributed by atoms with Crippen LogP contribution < -0.4 is 0 Å². The van der Waals surface area contributed by atoms with Crippen LogP contribution in [0.3, 0.4) is 0 Å². The molecule has 0 aliphatic carbocycles. The number of furan rings is 1. The van der Waals surface area contributed by atoms with Crippen LogP contribution in [-0.4, -0.2) is 49.4 Å². The van der Waals surface area contributed by atoms with E-state index in [9.17, 15) is 19.2 Å². The zero-order chi connectivity index (χ0) is 25.2. The van der Waals surface area contributed by atoms with Crippen LogP contribution >= 0.6 is 0 Å². The van der Waals surface area contributed by atoms with E-state index in [-0.39, 0.29) is 24.3 Å². The molecule has 9 heteroatoms.